The van der Waals surface area contributed by atoms with Crippen LogP contribution in [0.2, 0.25) is 0 Å². The number of guanidine groups is 1. The van der Waals surface area contributed by atoms with Crippen LogP contribution in [0.4, 0.5) is 0 Å². The minimum atomic E-state index is -1.18. The minimum Gasteiger partial charge on any atom is -0.508 e. The number of amides is 3. The summed E-state index contributed by atoms with van der Waals surface area (Å²) in [6, 6.07) is 2.08. The third-order valence-corrected chi connectivity index (χ3v) is 6.88. The first-order valence-electron chi connectivity index (χ1n) is 13.5. The van der Waals surface area contributed by atoms with Crippen LogP contribution in [0.25, 0.3) is 0 Å². The van der Waals surface area contributed by atoms with E-state index >= 15 is 0 Å². The fraction of sp³-hybridized carbons (Fsp3) is 0.593. The van der Waals surface area contributed by atoms with Crippen LogP contribution in [0.3, 0.4) is 0 Å². The number of aliphatic imine (C=N–C) groups is 1. The molecule has 0 fully saturated rings. The van der Waals surface area contributed by atoms with Crippen LogP contribution in [0, 0.1) is 11.8 Å². The quantitative estimate of drug-likeness (QED) is 0.0719. The molecule has 0 saturated heterocycles. The molecular weight excluding hydrogens is 518 g/mol. The summed E-state index contributed by atoms with van der Waals surface area (Å²) < 4.78 is 0. The minimum absolute atomic E-state index is 0.0889. The number of aliphatic carboxylic acids is 1. The highest BCUT2D eigenvalue weighted by Gasteiger charge is 2.33. The Morgan fingerprint density at radius 1 is 0.875 bits per heavy atom. The van der Waals surface area contributed by atoms with Gasteiger partial charge < -0.3 is 43.4 Å². The van der Waals surface area contributed by atoms with Crippen molar-refractivity contribution in [2.75, 3.05) is 6.54 Å². The number of benzene rings is 1. The molecule has 1 aromatic carbocycles. The number of hydrogen-bond donors (Lipinski definition) is 8. The van der Waals surface area contributed by atoms with Gasteiger partial charge >= 0.3 is 5.97 Å². The van der Waals surface area contributed by atoms with E-state index in [4.69, 9.17) is 17.2 Å². The van der Waals surface area contributed by atoms with Crippen molar-refractivity contribution in [2.24, 2.45) is 34.0 Å². The molecule has 13 nitrogen and oxygen atoms in total. The fourth-order valence-corrected chi connectivity index (χ4v) is 3.91. The summed E-state index contributed by atoms with van der Waals surface area (Å²) in [5.41, 5.74) is 17.6. The van der Waals surface area contributed by atoms with Crippen LogP contribution in [-0.4, -0.2) is 70.6 Å². The van der Waals surface area contributed by atoms with Crippen molar-refractivity contribution in [3.8, 4) is 5.75 Å². The zero-order valence-electron chi connectivity index (χ0n) is 23.7. The Balaban J connectivity index is 3.07. The van der Waals surface area contributed by atoms with Gasteiger partial charge in [0, 0.05) is 6.54 Å². The van der Waals surface area contributed by atoms with Crippen molar-refractivity contribution in [1.29, 1.82) is 0 Å². The van der Waals surface area contributed by atoms with Crippen molar-refractivity contribution >= 4 is 29.7 Å². The number of nitrogens with one attached hydrogen (secondary N) is 3. The number of aromatic hydroxyl groups is 1. The second-order valence-corrected chi connectivity index (χ2v) is 10.1. The number of nitrogens with two attached hydrogens (primary N) is 3. The highest BCUT2D eigenvalue weighted by atomic mass is 16.4. The smallest absolute Gasteiger partial charge is 0.326 e. The number of carbonyl (C=O) groups is 4. The van der Waals surface area contributed by atoms with Gasteiger partial charge in [-0.2, -0.15) is 0 Å². The first-order valence-corrected chi connectivity index (χ1v) is 13.5. The van der Waals surface area contributed by atoms with E-state index < -0.39 is 47.9 Å². The maximum absolute atomic E-state index is 13.4. The Morgan fingerprint density at radius 2 is 1.43 bits per heavy atom. The topological polar surface area (TPSA) is 235 Å². The molecule has 0 aliphatic carbocycles. The summed E-state index contributed by atoms with van der Waals surface area (Å²) in [6.07, 6.45) is 1.70. The van der Waals surface area contributed by atoms with Crippen LogP contribution in [0.5, 0.6) is 5.75 Å². The van der Waals surface area contributed by atoms with Crippen molar-refractivity contribution < 1.29 is 29.4 Å². The van der Waals surface area contributed by atoms with Crippen LogP contribution >= 0.6 is 0 Å². The molecule has 1 rings (SSSR count). The van der Waals surface area contributed by atoms with Gasteiger partial charge in [-0.3, -0.25) is 19.4 Å². The Bertz CT molecular complexity index is 1010. The lowest BCUT2D eigenvalue weighted by atomic mass is 9.96. The number of nitrogens with zero attached hydrogens (tertiary/aromatic N) is 1. The molecule has 13 heteroatoms. The monoisotopic (exact) mass is 563 g/mol. The van der Waals surface area contributed by atoms with Crippen molar-refractivity contribution in [1.82, 2.24) is 16.0 Å². The van der Waals surface area contributed by atoms with E-state index in [1.54, 1.807) is 26.0 Å². The Hall–Kier alpha value is -3.87. The summed E-state index contributed by atoms with van der Waals surface area (Å²) in [4.78, 5) is 55.1. The molecule has 0 spiro atoms. The molecule has 0 aliphatic rings. The molecule has 11 N–H and O–H groups in total. The van der Waals surface area contributed by atoms with E-state index in [-0.39, 0.29) is 42.9 Å². The normalized spacial score (nSPS) is 15.4. The highest BCUT2D eigenvalue weighted by molar-refractivity contribution is 5.94. The van der Waals surface area contributed by atoms with E-state index in [1.807, 2.05) is 13.8 Å². The molecule has 0 saturated carbocycles. The second-order valence-electron chi connectivity index (χ2n) is 10.1. The number of phenols is 1. The van der Waals surface area contributed by atoms with Crippen LogP contribution in [-0.2, 0) is 25.6 Å². The van der Waals surface area contributed by atoms with Gasteiger partial charge in [-0.15, -0.1) is 0 Å². The maximum Gasteiger partial charge on any atom is 0.326 e. The maximum atomic E-state index is 13.4. The zero-order chi connectivity index (χ0) is 30.4. The third-order valence-electron chi connectivity index (χ3n) is 6.88. The third kappa shape index (κ3) is 11.5. The van der Waals surface area contributed by atoms with Gasteiger partial charge in [0.25, 0.3) is 0 Å². The van der Waals surface area contributed by atoms with Gasteiger partial charge in [-0.05, 0) is 48.8 Å². The Morgan fingerprint density at radius 3 is 1.95 bits per heavy atom. The lowest BCUT2D eigenvalue weighted by Crippen LogP contribution is -2.59. The summed E-state index contributed by atoms with van der Waals surface area (Å²) in [5.74, 6) is -3.67. The van der Waals surface area contributed by atoms with Gasteiger partial charge in [-0.1, -0.05) is 52.7 Å². The lowest BCUT2D eigenvalue weighted by molar-refractivity contribution is -0.144. The molecule has 0 bridgehead atoms. The number of carbonyl (C=O) groups excluding carboxylic acids is 3. The SMILES string of the molecule is CCC(C)C(NC(=O)C(CCCN=C(N)N)NC(=O)C(NC(=O)C(N)Cc1ccc(O)cc1)C(C)CC)C(=O)O. The number of carboxylic acids is 1. The Kier molecular flexibility index (Phi) is 14.5. The van der Waals surface area contributed by atoms with Gasteiger partial charge in [0.05, 0.1) is 6.04 Å². The van der Waals surface area contributed by atoms with Crippen LogP contribution in [0.1, 0.15) is 58.9 Å². The molecule has 6 unspecified atom stereocenters. The van der Waals surface area contributed by atoms with Gasteiger partial charge in [0.2, 0.25) is 17.7 Å². The largest absolute Gasteiger partial charge is 0.508 e. The number of phenolic OH excluding ortho intramolecular Hbond substituents is 1. The van der Waals surface area contributed by atoms with E-state index in [1.165, 1.54) is 12.1 Å². The predicted molar refractivity (Wildman–Crippen MR) is 152 cm³/mol. The standard InChI is InChI=1S/C27H45N7O6/c1-5-15(3)21(33-23(36)19(28)14-17-9-11-18(35)12-10-17)25(38)32-20(8-7-13-31-27(29)30)24(37)34-22(26(39)40)16(4)6-2/h9-12,15-16,19-22,35H,5-8,13-14,28H2,1-4H3,(H,32,38)(H,33,36)(H,34,37)(H,39,40)(H4,29,30,31). The van der Waals surface area contributed by atoms with E-state index in [9.17, 15) is 29.4 Å². The van der Waals surface area contributed by atoms with Crippen molar-refractivity contribution in [3.05, 3.63) is 29.8 Å². The Labute approximate surface area is 235 Å². The molecule has 224 valence electrons. The molecule has 0 heterocycles. The summed E-state index contributed by atoms with van der Waals surface area (Å²) in [5, 5.41) is 27.0. The first kappa shape index (κ1) is 34.2. The molecule has 0 aliphatic heterocycles. The fourth-order valence-electron chi connectivity index (χ4n) is 3.91. The molecular formula is C27H45N7O6. The van der Waals surface area contributed by atoms with Crippen LogP contribution < -0.4 is 33.2 Å². The molecule has 0 aromatic heterocycles. The summed E-state index contributed by atoms with van der Waals surface area (Å²) >= 11 is 0. The molecule has 3 amide bonds. The van der Waals surface area contributed by atoms with E-state index in [2.05, 4.69) is 20.9 Å². The molecule has 0 radical (unpaired) electrons. The van der Waals surface area contributed by atoms with Crippen molar-refractivity contribution in [2.45, 2.75) is 84.0 Å². The summed E-state index contributed by atoms with van der Waals surface area (Å²) in [6.45, 7) is 7.37. The second kappa shape index (κ2) is 17.0. The lowest BCUT2D eigenvalue weighted by Gasteiger charge is -2.28. The zero-order valence-corrected chi connectivity index (χ0v) is 23.7. The predicted octanol–water partition coefficient (Wildman–Crippen LogP) is -0.0532. The average Bonchev–Trinajstić information content (AvgIpc) is 2.91. The van der Waals surface area contributed by atoms with E-state index in [0.717, 1.165) is 5.56 Å². The van der Waals surface area contributed by atoms with Gasteiger partial charge in [0.15, 0.2) is 5.96 Å². The molecule has 40 heavy (non-hydrogen) atoms. The number of carboxylic acid groups (broad SMARTS) is 1. The number of hydrogen-bond acceptors (Lipinski definition) is 7. The first-order chi connectivity index (χ1) is 18.8. The number of rotatable bonds is 17. The van der Waals surface area contributed by atoms with Crippen molar-refractivity contribution in [3.63, 3.8) is 0 Å². The van der Waals surface area contributed by atoms with Crippen LogP contribution in [0.15, 0.2) is 29.3 Å². The van der Waals surface area contributed by atoms with Gasteiger partial charge in [0.1, 0.15) is 23.9 Å². The molecule has 6 atom stereocenters. The highest BCUT2D eigenvalue weighted by Crippen LogP contribution is 2.14. The van der Waals surface area contributed by atoms with Gasteiger partial charge in [-0.25, -0.2) is 4.79 Å². The molecule has 1 aromatic rings. The van der Waals surface area contributed by atoms with E-state index in [0.29, 0.717) is 19.3 Å². The summed E-state index contributed by atoms with van der Waals surface area (Å²) in [7, 11) is 0. The average molecular weight is 564 g/mol.